The van der Waals surface area contributed by atoms with Gasteiger partial charge in [-0.15, -0.1) is 0 Å². The highest BCUT2D eigenvalue weighted by Gasteiger charge is 2.35. The van der Waals surface area contributed by atoms with E-state index in [1.807, 2.05) is 17.7 Å². The van der Waals surface area contributed by atoms with Gasteiger partial charge in [0, 0.05) is 43.5 Å². The highest BCUT2D eigenvalue weighted by atomic mass is 16.5. The Kier molecular flexibility index (Phi) is 6.00. The van der Waals surface area contributed by atoms with Crippen LogP contribution >= 0.6 is 0 Å². The SMILES string of the molecule is Cc1ccc(C2(CNC(=O)C(C)n3ccnc3C(C)C)CCOCC2)cc1. The number of benzene rings is 1. The molecular formula is C22H31N3O2. The molecule has 0 radical (unpaired) electrons. The summed E-state index contributed by atoms with van der Waals surface area (Å²) in [7, 11) is 0. The van der Waals surface area contributed by atoms with Gasteiger partial charge in [-0.05, 0) is 32.3 Å². The molecule has 27 heavy (non-hydrogen) atoms. The number of nitrogens with one attached hydrogen (secondary N) is 1. The minimum atomic E-state index is -0.278. The monoisotopic (exact) mass is 369 g/mol. The second-order valence-electron chi connectivity index (χ2n) is 8.00. The van der Waals surface area contributed by atoms with Gasteiger partial charge in [-0.2, -0.15) is 0 Å². The summed E-state index contributed by atoms with van der Waals surface area (Å²) < 4.78 is 7.57. The Balaban J connectivity index is 1.74. The minimum absolute atomic E-state index is 0.0351. The van der Waals surface area contributed by atoms with Crippen molar-refractivity contribution in [1.82, 2.24) is 14.9 Å². The first-order valence-electron chi connectivity index (χ1n) is 9.88. The van der Waals surface area contributed by atoms with Crippen LogP contribution in [-0.2, 0) is 14.9 Å². The van der Waals surface area contributed by atoms with Gasteiger partial charge in [-0.3, -0.25) is 4.79 Å². The van der Waals surface area contributed by atoms with Gasteiger partial charge in [-0.1, -0.05) is 43.7 Å². The van der Waals surface area contributed by atoms with Gasteiger partial charge in [0.25, 0.3) is 0 Å². The van der Waals surface area contributed by atoms with Crippen molar-refractivity contribution in [2.24, 2.45) is 0 Å². The van der Waals surface area contributed by atoms with E-state index < -0.39 is 0 Å². The molecule has 1 aromatic carbocycles. The zero-order valence-electron chi connectivity index (χ0n) is 16.9. The Labute approximate surface area is 162 Å². The number of hydrogen-bond acceptors (Lipinski definition) is 3. The average molecular weight is 370 g/mol. The van der Waals surface area contributed by atoms with E-state index in [1.165, 1.54) is 11.1 Å². The Morgan fingerprint density at radius 2 is 1.89 bits per heavy atom. The van der Waals surface area contributed by atoms with Crippen molar-refractivity contribution in [2.45, 2.75) is 57.9 Å². The molecule has 146 valence electrons. The van der Waals surface area contributed by atoms with E-state index in [-0.39, 0.29) is 23.3 Å². The first-order chi connectivity index (χ1) is 12.9. The fraction of sp³-hybridized carbons (Fsp3) is 0.545. The van der Waals surface area contributed by atoms with E-state index in [9.17, 15) is 4.79 Å². The maximum absolute atomic E-state index is 12.9. The molecule has 1 N–H and O–H groups in total. The predicted molar refractivity (Wildman–Crippen MR) is 107 cm³/mol. The quantitative estimate of drug-likeness (QED) is 0.844. The molecule has 1 aromatic heterocycles. The van der Waals surface area contributed by atoms with Crippen molar-refractivity contribution in [1.29, 1.82) is 0 Å². The van der Waals surface area contributed by atoms with E-state index >= 15 is 0 Å². The first kappa shape index (κ1) is 19.6. The Morgan fingerprint density at radius 1 is 1.22 bits per heavy atom. The van der Waals surface area contributed by atoms with Crippen LogP contribution in [0.4, 0.5) is 0 Å². The van der Waals surface area contributed by atoms with Gasteiger partial charge in [0.05, 0.1) is 0 Å². The summed E-state index contributed by atoms with van der Waals surface area (Å²) in [4.78, 5) is 17.3. The van der Waals surface area contributed by atoms with Crippen molar-refractivity contribution in [2.75, 3.05) is 19.8 Å². The molecule has 5 nitrogen and oxygen atoms in total. The molecule has 1 atom stereocenters. The molecule has 1 saturated heterocycles. The van der Waals surface area contributed by atoms with Gasteiger partial charge in [0.15, 0.2) is 0 Å². The van der Waals surface area contributed by atoms with Crippen LogP contribution in [0.1, 0.15) is 62.5 Å². The van der Waals surface area contributed by atoms with Gasteiger partial charge in [-0.25, -0.2) is 4.98 Å². The van der Waals surface area contributed by atoms with E-state index in [0.29, 0.717) is 6.54 Å². The molecule has 1 amide bonds. The Hall–Kier alpha value is -2.14. The van der Waals surface area contributed by atoms with Gasteiger partial charge in [0.2, 0.25) is 5.91 Å². The molecule has 2 heterocycles. The normalized spacial score (nSPS) is 17.7. The van der Waals surface area contributed by atoms with Gasteiger partial charge in [0.1, 0.15) is 11.9 Å². The number of ether oxygens (including phenoxy) is 1. The maximum atomic E-state index is 12.9. The van der Waals surface area contributed by atoms with Crippen molar-refractivity contribution in [3.63, 3.8) is 0 Å². The molecular weight excluding hydrogens is 338 g/mol. The van der Waals surface area contributed by atoms with E-state index in [0.717, 1.165) is 31.9 Å². The summed E-state index contributed by atoms with van der Waals surface area (Å²) in [6.45, 7) is 10.3. The third kappa shape index (κ3) is 4.24. The average Bonchev–Trinajstić information content (AvgIpc) is 3.17. The highest BCUT2D eigenvalue weighted by Crippen LogP contribution is 2.34. The lowest BCUT2D eigenvalue weighted by Gasteiger charge is -2.38. The van der Waals surface area contributed by atoms with Crippen molar-refractivity contribution in [3.8, 4) is 0 Å². The van der Waals surface area contributed by atoms with Gasteiger partial charge < -0.3 is 14.6 Å². The molecule has 0 aliphatic carbocycles. The number of carbonyl (C=O) groups excluding carboxylic acids is 1. The fourth-order valence-corrected chi connectivity index (χ4v) is 3.87. The largest absolute Gasteiger partial charge is 0.381 e. The van der Waals surface area contributed by atoms with Crippen LogP contribution in [0, 0.1) is 6.92 Å². The van der Waals surface area contributed by atoms with E-state index in [1.54, 1.807) is 6.20 Å². The molecule has 1 fully saturated rings. The molecule has 3 rings (SSSR count). The molecule has 5 heteroatoms. The second-order valence-corrected chi connectivity index (χ2v) is 8.00. The van der Waals surface area contributed by atoms with Crippen LogP contribution in [-0.4, -0.2) is 35.2 Å². The van der Waals surface area contributed by atoms with Crippen LogP contribution < -0.4 is 5.32 Å². The molecule has 0 bridgehead atoms. The van der Waals surface area contributed by atoms with Crippen molar-refractivity contribution in [3.05, 3.63) is 53.6 Å². The van der Waals surface area contributed by atoms with Crippen LogP contribution in [0.2, 0.25) is 0 Å². The van der Waals surface area contributed by atoms with Crippen LogP contribution in [0.15, 0.2) is 36.7 Å². The minimum Gasteiger partial charge on any atom is -0.381 e. The number of imidazole rings is 1. The smallest absolute Gasteiger partial charge is 0.242 e. The third-order valence-electron chi connectivity index (χ3n) is 5.73. The summed E-state index contributed by atoms with van der Waals surface area (Å²) in [5.41, 5.74) is 2.48. The zero-order valence-corrected chi connectivity index (χ0v) is 16.9. The number of aromatic nitrogens is 2. The van der Waals surface area contributed by atoms with Crippen LogP contribution in [0.5, 0.6) is 0 Å². The molecule has 1 aliphatic rings. The summed E-state index contributed by atoms with van der Waals surface area (Å²) >= 11 is 0. The summed E-state index contributed by atoms with van der Waals surface area (Å²) in [6, 6.07) is 8.42. The standard InChI is InChI=1S/C22H31N3O2/c1-16(2)20-23-11-12-25(20)18(4)21(26)24-15-22(9-13-27-14-10-22)19-7-5-17(3)6-8-19/h5-8,11-12,16,18H,9-10,13-15H2,1-4H3,(H,24,26). The van der Waals surface area contributed by atoms with Gasteiger partial charge >= 0.3 is 0 Å². The number of aryl methyl sites for hydroxylation is 1. The summed E-state index contributed by atoms with van der Waals surface area (Å²) in [5.74, 6) is 1.26. The maximum Gasteiger partial charge on any atom is 0.242 e. The lowest BCUT2D eigenvalue weighted by Crippen LogP contribution is -2.46. The predicted octanol–water partition coefficient (Wildman–Crippen LogP) is 3.74. The lowest BCUT2D eigenvalue weighted by molar-refractivity contribution is -0.124. The number of nitrogens with zero attached hydrogens (tertiary/aromatic N) is 2. The van der Waals surface area contributed by atoms with Crippen molar-refractivity contribution >= 4 is 5.91 Å². The van der Waals surface area contributed by atoms with Crippen LogP contribution in [0.25, 0.3) is 0 Å². The molecule has 0 spiro atoms. The van der Waals surface area contributed by atoms with Crippen molar-refractivity contribution < 1.29 is 9.53 Å². The zero-order chi connectivity index (χ0) is 19.4. The third-order valence-corrected chi connectivity index (χ3v) is 5.73. The number of rotatable bonds is 6. The molecule has 1 unspecified atom stereocenters. The molecule has 2 aromatic rings. The van der Waals surface area contributed by atoms with E-state index in [2.05, 4.69) is 55.3 Å². The summed E-state index contributed by atoms with van der Waals surface area (Å²) in [5, 5.41) is 3.22. The molecule has 0 saturated carbocycles. The lowest BCUT2D eigenvalue weighted by atomic mass is 9.74. The molecule has 1 aliphatic heterocycles. The fourth-order valence-electron chi connectivity index (χ4n) is 3.87. The second kappa shape index (κ2) is 8.26. The Bertz CT molecular complexity index is 758. The first-order valence-corrected chi connectivity index (χ1v) is 9.88. The Morgan fingerprint density at radius 3 is 2.52 bits per heavy atom. The topological polar surface area (TPSA) is 56.2 Å². The summed E-state index contributed by atoms with van der Waals surface area (Å²) in [6.07, 6.45) is 5.51. The number of amides is 1. The van der Waals surface area contributed by atoms with E-state index in [4.69, 9.17) is 4.74 Å². The number of carbonyl (C=O) groups is 1. The van der Waals surface area contributed by atoms with Crippen LogP contribution in [0.3, 0.4) is 0 Å². The number of hydrogen-bond donors (Lipinski definition) is 1. The highest BCUT2D eigenvalue weighted by molar-refractivity contribution is 5.80.